The lowest BCUT2D eigenvalue weighted by Gasteiger charge is -2.23. The molecule has 1 aliphatic carbocycles. The first-order valence-electron chi connectivity index (χ1n) is 9.12. The van der Waals surface area contributed by atoms with Gasteiger partial charge in [0.25, 0.3) is 5.91 Å². The molecular formula is C19H20ClN7O. The topological polar surface area (TPSA) is 97.6 Å². The Labute approximate surface area is 167 Å². The van der Waals surface area contributed by atoms with Gasteiger partial charge >= 0.3 is 0 Å². The largest absolute Gasteiger partial charge is 0.364 e. The van der Waals surface area contributed by atoms with Crippen LogP contribution in [0.25, 0.3) is 5.69 Å². The summed E-state index contributed by atoms with van der Waals surface area (Å²) in [5.74, 6) is 0.504. The molecule has 0 radical (unpaired) electrons. The molecule has 0 spiro atoms. The van der Waals surface area contributed by atoms with Crippen LogP contribution >= 0.6 is 11.6 Å². The summed E-state index contributed by atoms with van der Waals surface area (Å²) >= 11 is 6.13. The van der Waals surface area contributed by atoms with E-state index >= 15 is 0 Å². The van der Waals surface area contributed by atoms with Gasteiger partial charge in [-0.2, -0.15) is 15.0 Å². The molecule has 2 heterocycles. The minimum Gasteiger partial charge on any atom is -0.364 e. The number of hydrogen-bond donors (Lipinski definition) is 2. The third kappa shape index (κ3) is 3.96. The minimum atomic E-state index is -0.205. The number of hydrogen-bond acceptors (Lipinski definition) is 6. The van der Waals surface area contributed by atoms with Crippen LogP contribution in [0.5, 0.6) is 0 Å². The molecule has 3 aromatic rings. The normalized spacial score (nSPS) is 18.8. The Morgan fingerprint density at radius 1 is 1.14 bits per heavy atom. The summed E-state index contributed by atoms with van der Waals surface area (Å²) in [6, 6.07) is 5.16. The van der Waals surface area contributed by atoms with Gasteiger partial charge < -0.3 is 10.6 Å². The van der Waals surface area contributed by atoms with E-state index in [0.29, 0.717) is 22.1 Å². The van der Waals surface area contributed by atoms with Gasteiger partial charge in [0.15, 0.2) is 0 Å². The number of aromatic nitrogens is 5. The average molecular weight is 398 g/mol. The summed E-state index contributed by atoms with van der Waals surface area (Å²) in [7, 11) is 0. The van der Waals surface area contributed by atoms with Crippen molar-refractivity contribution in [3.8, 4) is 5.69 Å². The van der Waals surface area contributed by atoms with Gasteiger partial charge in [0, 0.05) is 17.1 Å². The number of amides is 1. The fourth-order valence-electron chi connectivity index (χ4n) is 3.41. The molecule has 4 rings (SSSR count). The van der Waals surface area contributed by atoms with Crippen molar-refractivity contribution >= 4 is 23.3 Å². The molecule has 9 heteroatoms. The van der Waals surface area contributed by atoms with E-state index in [-0.39, 0.29) is 18.0 Å². The highest BCUT2D eigenvalue weighted by Gasteiger charge is 2.30. The Morgan fingerprint density at radius 2 is 1.93 bits per heavy atom. The van der Waals surface area contributed by atoms with Crippen molar-refractivity contribution in [2.75, 3.05) is 5.32 Å². The fourth-order valence-corrected chi connectivity index (χ4v) is 3.59. The number of halogens is 1. The second kappa shape index (κ2) is 7.93. The maximum absolute atomic E-state index is 13.0. The van der Waals surface area contributed by atoms with E-state index in [1.54, 1.807) is 43.0 Å². The van der Waals surface area contributed by atoms with Gasteiger partial charge in [-0.15, -0.1) is 0 Å². The van der Waals surface area contributed by atoms with Crippen LogP contribution < -0.4 is 10.6 Å². The zero-order valence-corrected chi connectivity index (χ0v) is 16.1. The van der Waals surface area contributed by atoms with Crippen LogP contribution in [-0.2, 0) is 0 Å². The van der Waals surface area contributed by atoms with Gasteiger partial charge in [0.05, 0.1) is 41.7 Å². The predicted molar refractivity (Wildman–Crippen MR) is 106 cm³/mol. The summed E-state index contributed by atoms with van der Waals surface area (Å²) in [6.45, 7) is 1.90. The Balaban J connectivity index is 1.51. The highest BCUT2D eigenvalue weighted by molar-refractivity contribution is 6.31. The maximum Gasteiger partial charge on any atom is 0.253 e. The predicted octanol–water partition coefficient (Wildman–Crippen LogP) is 2.78. The fraction of sp³-hybridized carbons (Fsp3) is 0.316. The van der Waals surface area contributed by atoms with Crippen LogP contribution in [0.3, 0.4) is 0 Å². The van der Waals surface area contributed by atoms with Crippen molar-refractivity contribution in [3.05, 3.63) is 59.3 Å². The molecule has 144 valence electrons. The maximum atomic E-state index is 13.0. The van der Waals surface area contributed by atoms with E-state index < -0.39 is 0 Å². The molecule has 8 nitrogen and oxygen atoms in total. The molecule has 1 aromatic carbocycles. The Kier molecular flexibility index (Phi) is 5.21. The Hall–Kier alpha value is -3.00. The van der Waals surface area contributed by atoms with E-state index in [2.05, 4.69) is 30.8 Å². The molecular weight excluding hydrogens is 378 g/mol. The zero-order chi connectivity index (χ0) is 19.5. The lowest BCUT2D eigenvalue weighted by atomic mass is 10.1. The van der Waals surface area contributed by atoms with Gasteiger partial charge in [-0.05, 0) is 44.4 Å². The van der Waals surface area contributed by atoms with E-state index in [1.165, 1.54) is 4.80 Å². The number of carbonyl (C=O) groups excluding carboxylic acids is 1. The number of nitrogens with zero attached hydrogens (tertiary/aromatic N) is 5. The van der Waals surface area contributed by atoms with E-state index in [0.717, 1.165) is 25.0 Å². The SMILES string of the molecule is Cc1cnc(N[C@H]2CCC[C@@H]2NC(=O)c2cc(Cl)ccc2-n2nccn2)cn1. The molecule has 1 saturated carbocycles. The van der Waals surface area contributed by atoms with Crippen LogP contribution in [0.4, 0.5) is 5.82 Å². The number of rotatable bonds is 5. The van der Waals surface area contributed by atoms with Crippen molar-refractivity contribution in [2.24, 2.45) is 0 Å². The first-order chi connectivity index (χ1) is 13.6. The molecule has 0 bridgehead atoms. The third-order valence-electron chi connectivity index (χ3n) is 4.78. The highest BCUT2D eigenvalue weighted by atomic mass is 35.5. The Bertz CT molecular complexity index is 959. The molecule has 0 aliphatic heterocycles. The lowest BCUT2D eigenvalue weighted by Crippen LogP contribution is -2.43. The monoisotopic (exact) mass is 397 g/mol. The standard InChI is InChI=1S/C19H20ClN7O/c1-12-10-22-18(11-21-12)25-15-3-2-4-16(15)26-19(28)14-9-13(20)5-6-17(14)27-23-7-8-24-27/h5-11,15-16H,2-4H2,1H3,(H,22,25)(H,26,28)/t15-,16-/m0/s1. The van der Waals surface area contributed by atoms with Crippen LogP contribution in [-0.4, -0.2) is 43.0 Å². The van der Waals surface area contributed by atoms with Crippen molar-refractivity contribution in [1.82, 2.24) is 30.3 Å². The molecule has 28 heavy (non-hydrogen) atoms. The second-order valence-electron chi connectivity index (χ2n) is 6.78. The average Bonchev–Trinajstić information content (AvgIpc) is 3.36. The number of carbonyl (C=O) groups is 1. The molecule has 1 aliphatic rings. The summed E-state index contributed by atoms with van der Waals surface area (Å²) in [4.78, 5) is 23.0. The van der Waals surface area contributed by atoms with Crippen molar-refractivity contribution < 1.29 is 4.79 Å². The van der Waals surface area contributed by atoms with Crippen LogP contribution in [0.2, 0.25) is 5.02 Å². The van der Waals surface area contributed by atoms with E-state index in [4.69, 9.17) is 11.6 Å². The summed E-state index contributed by atoms with van der Waals surface area (Å²) in [6.07, 6.45) is 9.42. The molecule has 0 unspecified atom stereocenters. The summed E-state index contributed by atoms with van der Waals surface area (Å²) in [5.41, 5.74) is 1.88. The van der Waals surface area contributed by atoms with Gasteiger partial charge in [-0.3, -0.25) is 9.78 Å². The number of anilines is 1. The molecule has 1 fully saturated rings. The van der Waals surface area contributed by atoms with E-state index in [9.17, 15) is 4.79 Å². The van der Waals surface area contributed by atoms with Crippen molar-refractivity contribution in [2.45, 2.75) is 38.3 Å². The van der Waals surface area contributed by atoms with Gasteiger partial charge in [0.2, 0.25) is 0 Å². The summed E-state index contributed by atoms with van der Waals surface area (Å²) < 4.78 is 0. The molecule has 2 atom stereocenters. The number of nitrogens with one attached hydrogen (secondary N) is 2. The van der Waals surface area contributed by atoms with Crippen LogP contribution in [0.15, 0.2) is 43.0 Å². The quantitative estimate of drug-likeness (QED) is 0.687. The first kappa shape index (κ1) is 18.4. The van der Waals surface area contributed by atoms with Gasteiger partial charge in [0.1, 0.15) is 5.82 Å². The highest BCUT2D eigenvalue weighted by Crippen LogP contribution is 2.24. The minimum absolute atomic E-state index is 0.0204. The molecule has 2 aromatic heterocycles. The lowest BCUT2D eigenvalue weighted by molar-refractivity contribution is 0.0935. The Morgan fingerprint density at radius 3 is 2.68 bits per heavy atom. The molecule has 0 saturated heterocycles. The van der Waals surface area contributed by atoms with Crippen molar-refractivity contribution in [1.29, 1.82) is 0 Å². The molecule has 2 N–H and O–H groups in total. The van der Waals surface area contributed by atoms with Gasteiger partial charge in [-0.1, -0.05) is 11.6 Å². The number of benzene rings is 1. The third-order valence-corrected chi connectivity index (χ3v) is 5.02. The van der Waals surface area contributed by atoms with Crippen LogP contribution in [0.1, 0.15) is 35.3 Å². The smallest absolute Gasteiger partial charge is 0.253 e. The van der Waals surface area contributed by atoms with Crippen molar-refractivity contribution in [3.63, 3.8) is 0 Å². The van der Waals surface area contributed by atoms with E-state index in [1.807, 2.05) is 6.92 Å². The van der Waals surface area contributed by atoms with Crippen LogP contribution in [0, 0.1) is 6.92 Å². The zero-order valence-electron chi connectivity index (χ0n) is 15.3. The van der Waals surface area contributed by atoms with Gasteiger partial charge in [-0.25, -0.2) is 4.98 Å². The summed E-state index contributed by atoms with van der Waals surface area (Å²) in [5, 5.41) is 15.2. The second-order valence-corrected chi connectivity index (χ2v) is 7.22. The first-order valence-corrected chi connectivity index (χ1v) is 9.50. The number of aryl methyl sites for hydroxylation is 1. The molecule has 1 amide bonds.